The zero-order valence-corrected chi connectivity index (χ0v) is 8.64. The van der Waals surface area contributed by atoms with Crippen molar-refractivity contribution in [1.82, 2.24) is 9.97 Å². The van der Waals surface area contributed by atoms with Gasteiger partial charge in [0.1, 0.15) is 5.82 Å². The summed E-state index contributed by atoms with van der Waals surface area (Å²) in [5.41, 5.74) is 1.52. The number of hydrogen-bond acceptors (Lipinski definition) is 3. The number of pyridine rings is 2. The van der Waals surface area contributed by atoms with Crippen LogP contribution in [-0.2, 0) is 0 Å². The van der Waals surface area contributed by atoms with Crippen LogP contribution in [0.25, 0.3) is 0 Å². The Hall–Kier alpha value is -2.10. The monoisotopic (exact) mass is 216 g/mol. The molecule has 80 valence electrons. The van der Waals surface area contributed by atoms with Crippen molar-refractivity contribution < 1.29 is 9.18 Å². The molecule has 0 saturated heterocycles. The van der Waals surface area contributed by atoms with Gasteiger partial charge in [0.15, 0.2) is 5.78 Å². The van der Waals surface area contributed by atoms with Crippen LogP contribution in [0.15, 0.2) is 36.9 Å². The fourth-order valence-corrected chi connectivity index (χ4v) is 1.42. The van der Waals surface area contributed by atoms with E-state index in [1.807, 2.05) is 0 Å². The average Bonchev–Trinajstić information content (AvgIpc) is 2.29. The second-order valence-corrected chi connectivity index (χ2v) is 3.41. The Bertz CT molecular complexity index is 540. The summed E-state index contributed by atoms with van der Waals surface area (Å²) < 4.78 is 12.9. The van der Waals surface area contributed by atoms with Gasteiger partial charge in [-0.2, -0.15) is 0 Å². The van der Waals surface area contributed by atoms with Crippen LogP contribution in [0.2, 0.25) is 0 Å². The van der Waals surface area contributed by atoms with Crippen LogP contribution in [0.1, 0.15) is 21.5 Å². The summed E-state index contributed by atoms with van der Waals surface area (Å²) in [4.78, 5) is 19.5. The van der Waals surface area contributed by atoms with Gasteiger partial charge in [0.25, 0.3) is 0 Å². The molecule has 16 heavy (non-hydrogen) atoms. The van der Waals surface area contributed by atoms with Crippen molar-refractivity contribution in [3.05, 3.63) is 59.4 Å². The van der Waals surface area contributed by atoms with Crippen LogP contribution in [0.3, 0.4) is 0 Å². The second kappa shape index (κ2) is 4.18. The van der Waals surface area contributed by atoms with Gasteiger partial charge in [0.05, 0.1) is 6.20 Å². The SMILES string of the molecule is Cc1cnccc1C(=O)c1cncc(F)c1. The van der Waals surface area contributed by atoms with Gasteiger partial charge in [-0.3, -0.25) is 14.8 Å². The third-order valence-corrected chi connectivity index (χ3v) is 2.23. The fraction of sp³-hybridized carbons (Fsp3) is 0.0833. The first-order valence-electron chi connectivity index (χ1n) is 4.74. The second-order valence-electron chi connectivity index (χ2n) is 3.41. The molecule has 3 nitrogen and oxygen atoms in total. The number of ketones is 1. The Morgan fingerprint density at radius 1 is 1.25 bits per heavy atom. The lowest BCUT2D eigenvalue weighted by Crippen LogP contribution is -2.04. The van der Waals surface area contributed by atoms with Crippen molar-refractivity contribution in [1.29, 1.82) is 0 Å². The minimum atomic E-state index is -0.516. The Morgan fingerprint density at radius 2 is 2.06 bits per heavy atom. The van der Waals surface area contributed by atoms with E-state index in [1.165, 1.54) is 18.5 Å². The zero-order chi connectivity index (χ0) is 11.5. The normalized spacial score (nSPS) is 10.1. The van der Waals surface area contributed by atoms with Crippen molar-refractivity contribution >= 4 is 5.78 Å². The van der Waals surface area contributed by atoms with Gasteiger partial charge in [-0.15, -0.1) is 0 Å². The lowest BCUT2D eigenvalue weighted by atomic mass is 10.0. The van der Waals surface area contributed by atoms with Crippen LogP contribution in [0.4, 0.5) is 4.39 Å². The first kappa shape index (κ1) is 10.4. The number of aryl methyl sites for hydroxylation is 1. The molecule has 0 aliphatic heterocycles. The van der Waals surface area contributed by atoms with Gasteiger partial charge in [0, 0.05) is 29.7 Å². The highest BCUT2D eigenvalue weighted by atomic mass is 19.1. The lowest BCUT2D eigenvalue weighted by molar-refractivity contribution is 0.103. The molecule has 2 rings (SSSR count). The predicted molar refractivity (Wildman–Crippen MR) is 56.6 cm³/mol. The van der Waals surface area contributed by atoms with Crippen LogP contribution in [0, 0.1) is 12.7 Å². The molecule has 2 heterocycles. The molecule has 0 aliphatic rings. The van der Waals surface area contributed by atoms with Crippen molar-refractivity contribution in [3.8, 4) is 0 Å². The van der Waals surface area contributed by atoms with E-state index in [4.69, 9.17) is 0 Å². The molecule has 2 aromatic heterocycles. The third-order valence-electron chi connectivity index (χ3n) is 2.23. The number of carbonyl (C=O) groups excluding carboxylic acids is 1. The number of rotatable bonds is 2. The van der Waals surface area contributed by atoms with Crippen molar-refractivity contribution in [2.45, 2.75) is 6.92 Å². The minimum absolute atomic E-state index is 0.244. The van der Waals surface area contributed by atoms with Crippen molar-refractivity contribution in [2.75, 3.05) is 0 Å². The molecule has 0 N–H and O–H groups in total. The van der Waals surface area contributed by atoms with E-state index in [-0.39, 0.29) is 11.3 Å². The summed E-state index contributed by atoms with van der Waals surface area (Å²) in [7, 11) is 0. The minimum Gasteiger partial charge on any atom is -0.289 e. The maximum Gasteiger partial charge on any atom is 0.195 e. The number of carbonyl (C=O) groups is 1. The summed E-state index contributed by atoms with van der Waals surface area (Å²) in [5.74, 6) is -0.760. The summed E-state index contributed by atoms with van der Waals surface area (Å²) in [6, 6.07) is 2.79. The standard InChI is InChI=1S/C12H9FN2O/c1-8-5-14-3-2-11(8)12(16)9-4-10(13)7-15-6-9/h2-7H,1H3. The topological polar surface area (TPSA) is 42.9 Å². The zero-order valence-electron chi connectivity index (χ0n) is 8.64. The molecular formula is C12H9FN2O. The molecule has 0 bridgehead atoms. The first-order chi connectivity index (χ1) is 7.68. The Kier molecular flexibility index (Phi) is 2.72. The number of hydrogen-bond donors (Lipinski definition) is 0. The van der Waals surface area contributed by atoms with Crippen molar-refractivity contribution in [2.24, 2.45) is 0 Å². The molecule has 0 saturated carbocycles. The Balaban J connectivity index is 2.44. The van der Waals surface area contributed by atoms with E-state index in [0.717, 1.165) is 11.8 Å². The maximum absolute atomic E-state index is 12.9. The number of halogens is 1. The Labute approximate surface area is 92.0 Å². The number of aromatic nitrogens is 2. The summed E-state index contributed by atoms with van der Waals surface area (Å²) in [5, 5.41) is 0. The number of nitrogens with zero attached hydrogens (tertiary/aromatic N) is 2. The van der Waals surface area contributed by atoms with Gasteiger partial charge in [-0.1, -0.05) is 0 Å². The predicted octanol–water partition coefficient (Wildman–Crippen LogP) is 2.16. The average molecular weight is 216 g/mol. The van der Waals surface area contributed by atoms with E-state index in [2.05, 4.69) is 9.97 Å². The highest BCUT2D eigenvalue weighted by Crippen LogP contribution is 2.12. The highest BCUT2D eigenvalue weighted by molar-refractivity contribution is 6.09. The first-order valence-corrected chi connectivity index (χ1v) is 4.74. The van der Waals surface area contributed by atoms with E-state index in [1.54, 1.807) is 19.2 Å². The molecule has 2 aromatic rings. The Morgan fingerprint density at radius 3 is 2.75 bits per heavy atom. The smallest absolute Gasteiger partial charge is 0.195 e. The van der Waals surface area contributed by atoms with Crippen molar-refractivity contribution in [3.63, 3.8) is 0 Å². The van der Waals surface area contributed by atoms with Crippen LogP contribution in [-0.4, -0.2) is 15.8 Å². The van der Waals surface area contributed by atoms with Gasteiger partial charge >= 0.3 is 0 Å². The molecule has 0 radical (unpaired) electrons. The van der Waals surface area contributed by atoms with Gasteiger partial charge in [0.2, 0.25) is 0 Å². The van der Waals surface area contributed by atoms with Gasteiger partial charge in [-0.05, 0) is 24.6 Å². The molecule has 0 amide bonds. The van der Waals surface area contributed by atoms with E-state index in [9.17, 15) is 9.18 Å². The molecule has 0 aliphatic carbocycles. The van der Waals surface area contributed by atoms with E-state index < -0.39 is 5.82 Å². The fourth-order valence-electron chi connectivity index (χ4n) is 1.42. The molecular weight excluding hydrogens is 207 g/mol. The van der Waals surface area contributed by atoms with Crippen LogP contribution in [0.5, 0.6) is 0 Å². The molecule has 4 heteroatoms. The van der Waals surface area contributed by atoms with Gasteiger partial charge < -0.3 is 0 Å². The lowest BCUT2D eigenvalue weighted by Gasteiger charge is -2.03. The quantitative estimate of drug-likeness (QED) is 0.722. The highest BCUT2D eigenvalue weighted by Gasteiger charge is 2.12. The third kappa shape index (κ3) is 1.95. The molecule has 0 fully saturated rings. The van der Waals surface area contributed by atoms with Crippen LogP contribution < -0.4 is 0 Å². The molecule has 0 unspecified atom stereocenters. The van der Waals surface area contributed by atoms with E-state index >= 15 is 0 Å². The van der Waals surface area contributed by atoms with E-state index in [0.29, 0.717) is 5.56 Å². The molecule has 0 spiro atoms. The largest absolute Gasteiger partial charge is 0.289 e. The summed E-state index contributed by atoms with van der Waals surface area (Å²) in [6.45, 7) is 1.78. The molecule has 0 aromatic carbocycles. The van der Waals surface area contributed by atoms with Crippen LogP contribution >= 0.6 is 0 Å². The molecule has 0 atom stereocenters. The summed E-state index contributed by atoms with van der Waals surface area (Å²) >= 11 is 0. The van der Waals surface area contributed by atoms with Gasteiger partial charge in [-0.25, -0.2) is 4.39 Å². The summed E-state index contributed by atoms with van der Waals surface area (Å²) in [6.07, 6.45) is 5.55. The maximum atomic E-state index is 12.9.